The maximum Gasteiger partial charge on any atom is 0.0945 e. The zero-order chi connectivity index (χ0) is 11.8. The lowest BCUT2D eigenvalue weighted by Gasteiger charge is -2.11. The molecule has 96 valence electrons. The van der Waals surface area contributed by atoms with Crippen molar-refractivity contribution in [3.8, 4) is 0 Å². The summed E-state index contributed by atoms with van der Waals surface area (Å²) < 4.78 is 7.89. The summed E-state index contributed by atoms with van der Waals surface area (Å²) in [4.78, 5) is 4.02. The quantitative estimate of drug-likeness (QED) is 0.701. The molecule has 1 aliphatic carbocycles. The maximum atomic E-state index is 5.78. The lowest BCUT2D eigenvalue weighted by Crippen LogP contribution is -2.23. The largest absolute Gasteiger partial charge is 0.377 e. The highest BCUT2D eigenvalue weighted by Gasteiger charge is 2.14. The van der Waals surface area contributed by atoms with Gasteiger partial charge in [0, 0.05) is 25.5 Å². The van der Waals surface area contributed by atoms with Crippen molar-refractivity contribution in [3.63, 3.8) is 0 Å². The number of nitrogens with zero attached hydrogens (tertiary/aromatic N) is 2. The van der Waals surface area contributed by atoms with E-state index in [1.807, 2.05) is 18.7 Å². The standard InChI is InChI=1S/C13H23N3O/c1-2-5-13(4-1)17-11-8-14-6-3-9-16-10-7-15-12-16/h7,10,12-14H,1-6,8-9,11H2. The van der Waals surface area contributed by atoms with E-state index in [2.05, 4.69) is 14.9 Å². The first kappa shape index (κ1) is 12.6. The molecule has 0 amide bonds. The third-order valence-electron chi connectivity index (χ3n) is 3.26. The van der Waals surface area contributed by atoms with Crippen molar-refractivity contribution >= 4 is 0 Å². The Labute approximate surface area is 103 Å². The summed E-state index contributed by atoms with van der Waals surface area (Å²) in [5.74, 6) is 0. The molecule has 4 nitrogen and oxygen atoms in total. The van der Waals surface area contributed by atoms with E-state index in [4.69, 9.17) is 4.74 Å². The van der Waals surface area contributed by atoms with Gasteiger partial charge in [-0.2, -0.15) is 0 Å². The van der Waals surface area contributed by atoms with Gasteiger partial charge in [0.15, 0.2) is 0 Å². The van der Waals surface area contributed by atoms with Crippen LogP contribution in [0.5, 0.6) is 0 Å². The Morgan fingerprint density at radius 2 is 2.18 bits per heavy atom. The Morgan fingerprint density at radius 3 is 2.94 bits per heavy atom. The van der Waals surface area contributed by atoms with Crippen molar-refractivity contribution in [2.45, 2.75) is 44.8 Å². The molecule has 1 heterocycles. The highest BCUT2D eigenvalue weighted by molar-refractivity contribution is 4.73. The van der Waals surface area contributed by atoms with Crippen LogP contribution in [-0.4, -0.2) is 35.4 Å². The highest BCUT2D eigenvalue weighted by Crippen LogP contribution is 2.20. The summed E-state index contributed by atoms with van der Waals surface area (Å²) in [5, 5.41) is 3.41. The van der Waals surface area contributed by atoms with Crippen LogP contribution in [0.4, 0.5) is 0 Å². The second kappa shape index (κ2) is 7.45. The van der Waals surface area contributed by atoms with Crippen molar-refractivity contribution < 1.29 is 4.74 Å². The van der Waals surface area contributed by atoms with Gasteiger partial charge >= 0.3 is 0 Å². The summed E-state index contributed by atoms with van der Waals surface area (Å²) in [6.45, 7) is 3.92. The molecule has 0 unspecified atom stereocenters. The molecule has 1 saturated carbocycles. The lowest BCUT2D eigenvalue weighted by molar-refractivity contribution is 0.0604. The SMILES string of the molecule is c1cn(CCCNCCOC2CCCC2)cn1. The van der Waals surface area contributed by atoms with Gasteiger partial charge in [-0.3, -0.25) is 0 Å². The van der Waals surface area contributed by atoms with Gasteiger partial charge in [0.1, 0.15) is 0 Å². The van der Waals surface area contributed by atoms with E-state index in [1.54, 1.807) is 0 Å². The van der Waals surface area contributed by atoms with Gasteiger partial charge in [-0.25, -0.2) is 4.98 Å². The van der Waals surface area contributed by atoms with Gasteiger partial charge in [0.2, 0.25) is 0 Å². The van der Waals surface area contributed by atoms with Gasteiger partial charge in [-0.15, -0.1) is 0 Å². The molecule has 17 heavy (non-hydrogen) atoms. The average Bonchev–Trinajstić information content (AvgIpc) is 3.00. The summed E-state index contributed by atoms with van der Waals surface area (Å²) in [7, 11) is 0. The molecular formula is C13H23N3O. The van der Waals surface area contributed by atoms with Gasteiger partial charge in [0.05, 0.1) is 19.0 Å². The number of aromatic nitrogens is 2. The minimum absolute atomic E-state index is 0.544. The summed E-state index contributed by atoms with van der Waals surface area (Å²) >= 11 is 0. The Morgan fingerprint density at radius 1 is 1.29 bits per heavy atom. The van der Waals surface area contributed by atoms with Gasteiger partial charge in [-0.1, -0.05) is 12.8 Å². The lowest BCUT2D eigenvalue weighted by atomic mass is 10.3. The second-order valence-corrected chi connectivity index (χ2v) is 4.68. The van der Waals surface area contributed by atoms with Crippen LogP contribution in [-0.2, 0) is 11.3 Å². The Hall–Kier alpha value is -0.870. The summed E-state index contributed by atoms with van der Waals surface area (Å²) in [6.07, 6.45) is 12.6. The fourth-order valence-corrected chi connectivity index (χ4v) is 2.28. The second-order valence-electron chi connectivity index (χ2n) is 4.68. The van der Waals surface area contributed by atoms with E-state index in [0.29, 0.717) is 6.10 Å². The molecule has 1 fully saturated rings. The van der Waals surface area contributed by atoms with Gasteiger partial charge in [0.25, 0.3) is 0 Å². The minimum Gasteiger partial charge on any atom is -0.377 e. The predicted octanol–water partition coefficient (Wildman–Crippen LogP) is 1.82. The number of rotatable bonds is 8. The predicted molar refractivity (Wildman–Crippen MR) is 67.9 cm³/mol. The monoisotopic (exact) mass is 237 g/mol. The zero-order valence-electron chi connectivity index (χ0n) is 10.5. The Balaban J connectivity index is 1.39. The van der Waals surface area contributed by atoms with E-state index in [1.165, 1.54) is 25.7 Å². The van der Waals surface area contributed by atoms with Gasteiger partial charge < -0.3 is 14.6 Å². The molecule has 0 atom stereocenters. The molecule has 1 N–H and O–H groups in total. The van der Waals surface area contributed by atoms with Crippen molar-refractivity contribution in [2.75, 3.05) is 19.7 Å². The van der Waals surface area contributed by atoms with Crippen LogP contribution >= 0.6 is 0 Å². The van der Waals surface area contributed by atoms with E-state index >= 15 is 0 Å². The van der Waals surface area contributed by atoms with E-state index in [9.17, 15) is 0 Å². The molecule has 2 rings (SSSR count). The number of hydrogen-bond donors (Lipinski definition) is 1. The van der Waals surface area contributed by atoms with E-state index < -0.39 is 0 Å². The smallest absolute Gasteiger partial charge is 0.0945 e. The number of imidazole rings is 1. The van der Waals surface area contributed by atoms with Crippen LogP contribution in [0, 0.1) is 0 Å². The third kappa shape index (κ3) is 4.88. The number of hydrogen-bond acceptors (Lipinski definition) is 3. The summed E-state index contributed by atoms with van der Waals surface area (Å²) in [6, 6.07) is 0. The third-order valence-corrected chi connectivity index (χ3v) is 3.26. The van der Waals surface area contributed by atoms with Crippen LogP contribution in [0.1, 0.15) is 32.1 Å². The molecule has 4 heteroatoms. The molecule has 1 aromatic rings. The van der Waals surface area contributed by atoms with Crippen LogP contribution in [0.15, 0.2) is 18.7 Å². The molecule has 1 aliphatic rings. The van der Waals surface area contributed by atoms with Crippen molar-refractivity contribution in [3.05, 3.63) is 18.7 Å². The zero-order valence-corrected chi connectivity index (χ0v) is 10.5. The molecule has 0 aliphatic heterocycles. The van der Waals surface area contributed by atoms with Crippen LogP contribution < -0.4 is 5.32 Å². The summed E-state index contributed by atoms with van der Waals surface area (Å²) in [5.41, 5.74) is 0. The molecule has 0 radical (unpaired) electrons. The Kier molecular flexibility index (Phi) is 5.52. The first-order chi connectivity index (χ1) is 8.45. The fourth-order valence-electron chi connectivity index (χ4n) is 2.28. The van der Waals surface area contributed by atoms with Crippen LogP contribution in [0.25, 0.3) is 0 Å². The van der Waals surface area contributed by atoms with Gasteiger partial charge in [-0.05, 0) is 25.8 Å². The Bertz CT molecular complexity index is 281. The molecule has 1 aromatic heterocycles. The maximum absolute atomic E-state index is 5.78. The topological polar surface area (TPSA) is 39.1 Å². The van der Waals surface area contributed by atoms with E-state index in [-0.39, 0.29) is 0 Å². The average molecular weight is 237 g/mol. The molecule has 0 aromatic carbocycles. The molecule has 0 saturated heterocycles. The first-order valence-electron chi connectivity index (χ1n) is 6.73. The minimum atomic E-state index is 0.544. The van der Waals surface area contributed by atoms with Crippen molar-refractivity contribution in [1.82, 2.24) is 14.9 Å². The molecule has 0 bridgehead atoms. The number of nitrogens with one attached hydrogen (secondary N) is 1. The number of ether oxygens (including phenoxy) is 1. The van der Waals surface area contributed by atoms with Crippen molar-refractivity contribution in [1.29, 1.82) is 0 Å². The fraction of sp³-hybridized carbons (Fsp3) is 0.769. The highest BCUT2D eigenvalue weighted by atomic mass is 16.5. The van der Waals surface area contributed by atoms with Crippen LogP contribution in [0.2, 0.25) is 0 Å². The van der Waals surface area contributed by atoms with Crippen molar-refractivity contribution in [2.24, 2.45) is 0 Å². The normalized spacial score (nSPS) is 16.7. The van der Waals surface area contributed by atoms with E-state index in [0.717, 1.165) is 32.7 Å². The van der Waals surface area contributed by atoms with Crippen LogP contribution in [0.3, 0.4) is 0 Å². The molecule has 0 spiro atoms. The molecular weight excluding hydrogens is 214 g/mol. The number of aryl methyl sites for hydroxylation is 1. The first-order valence-corrected chi connectivity index (χ1v) is 6.73.